The summed E-state index contributed by atoms with van der Waals surface area (Å²) in [5.74, 6) is 0.659. The van der Waals surface area contributed by atoms with Gasteiger partial charge in [-0.1, -0.05) is 44.2 Å². The van der Waals surface area contributed by atoms with E-state index in [-0.39, 0.29) is 0 Å². The number of hydrogen-bond donors (Lipinski definition) is 0. The van der Waals surface area contributed by atoms with Crippen LogP contribution < -0.4 is 0 Å². The maximum Gasteiger partial charge on any atom is 0.0904 e. The van der Waals surface area contributed by atoms with Gasteiger partial charge in [-0.3, -0.25) is 0 Å². The molecule has 1 nitrogen and oxygen atoms in total. The van der Waals surface area contributed by atoms with Crippen molar-refractivity contribution >= 4 is 16.9 Å². The molecule has 0 aliphatic rings. The van der Waals surface area contributed by atoms with Crippen LogP contribution in [0.3, 0.4) is 0 Å². The highest BCUT2D eigenvalue weighted by atomic mass is 32.1. The quantitative estimate of drug-likeness (QED) is 0.665. The summed E-state index contributed by atoms with van der Waals surface area (Å²) in [6.07, 6.45) is 7.38. The maximum absolute atomic E-state index is 4.68. The molecule has 0 unspecified atom stereocenters. The second-order valence-corrected chi connectivity index (χ2v) is 6.31. The van der Waals surface area contributed by atoms with Gasteiger partial charge in [-0.05, 0) is 38.7 Å². The number of rotatable bonds is 5. The van der Waals surface area contributed by atoms with E-state index in [9.17, 15) is 0 Å². The molecule has 98 valence electrons. The third-order valence-corrected chi connectivity index (χ3v) is 3.52. The molecule has 0 bridgehead atoms. The van der Waals surface area contributed by atoms with E-state index in [1.54, 1.807) is 0 Å². The number of thiazole rings is 1. The summed E-state index contributed by atoms with van der Waals surface area (Å²) in [6, 6.07) is 0. The second kappa shape index (κ2) is 6.69. The molecule has 0 aliphatic heterocycles. The van der Waals surface area contributed by atoms with Gasteiger partial charge in [0, 0.05) is 4.88 Å². The van der Waals surface area contributed by atoms with Crippen molar-refractivity contribution < 1.29 is 0 Å². The smallest absolute Gasteiger partial charge is 0.0904 e. The summed E-state index contributed by atoms with van der Waals surface area (Å²) in [7, 11) is 0. The molecular formula is C16H23NS. The maximum atomic E-state index is 4.68. The normalized spacial score (nSPS) is 12.7. The topological polar surface area (TPSA) is 12.9 Å². The zero-order valence-corrected chi connectivity index (χ0v) is 12.9. The van der Waals surface area contributed by atoms with Crippen LogP contribution in [-0.2, 0) is 6.42 Å². The molecule has 0 saturated carbocycles. The summed E-state index contributed by atoms with van der Waals surface area (Å²) in [6.45, 7) is 14.5. The van der Waals surface area contributed by atoms with E-state index in [4.69, 9.17) is 0 Å². The van der Waals surface area contributed by atoms with Gasteiger partial charge in [0.15, 0.2) is 0 Å². The molecule has 0 saturated heterocycles. The van der Waals surface area contributed by atoms with Gasteiger partial charge in [-0.25, -0.2) is 4.98 Å². The monoisotopic (exact) mass is 261 g/mol. The number of hydrogen-bond acceptors (Lipinski definition) is 2. The van der Waals surface area contributed by atoms with E-state index in [1.807, 2.05) is 24.3 Å². The molecule has 1 aromatic rings. The van der Waals surface area contributed by atoms with Crippen LogP contribution in [0.25, 0.3) is 5.57 Å². The minimum Gasteiger partial charge on any atom is -0.241 e. The Kier molecular flexibility index (Phi) is 5.54. The van der Waals surface area contributed by atoms with E-state index in [0.717, 1.165) is 22.7 Å². The number of aryl methyl sites for hydroxylation is 1. The largest absolute Gasteiger partial charge is 0.241 e. The Morgan fingerprint density at radius 3 is 2.56 bits per heavy atom. The number of allylic oxidation sites excluding steroid dienone is 5. The Labute approximate surface area is 115 Å². The summed E-state index contributed by atoms with van der Waals surface area (Å²) in [5, 5.41) is 1.14. The molecule has 0 spiro atoms. The summed E-state index contributed by atoms with van der Waals surface area (Å²) < 4.78 is 0. The number of aromatic nitrogens is 1. The minimum atomic E-state index is 0.659. The van der Waals surface area contributed by atoms with Gasteiger partial charge in [0.25, 0.3) is 0 Å². The third-order valence-electron chi connectivity index (χ3n) is 2.53. The van der Waals surface area contributed by atoms with Gasteiger partial charge >= 0.3 is 0 Å². The molecule has 1 aromatic heterocycles. The summed E-state index contributed by atoms with van der Waals surface area (Å²) in [5.41, 5.74) is 3.40. The minimum absolute atomic E-state index is 0.659. The predicted octanol–water partition coefficient (Wildman–Crippen LogP) is 5.19. The average molecular weight is 261 g/mol. The molecule has 1 heterocycles. The molecule has 0 atom stereocenters. The summed E-state index contributed by atoms with van der Waals surface area (Å²) in [4.78, 5) is 6.07. The Hall–Kier alpha value is -1.15. The van der Waals surface area contributed by atoms with E-state index in [2.05, 4.69) is 51.4 Å². The lowest BCUT2D eigenvalue weighted by Crippen LogP contribution is -1.95. The highest BCUT2D eigenvalue weighted by molar-refractivity contribution is 7.11. The van der Waals surface area contributed by atoms with Crippen molar-refractivity contribution in [2.24, 2.45) is 5.92 Å². The van der Waals surface area contributed by atoms with Gasteiger partial charge in [0.1, 0.15) is 0 Å². The van der Waals surface area contributed by atoms with Crippen molar-refractivity contribution in [1.29, 1.82) is 0 Å². The van der Waals surface area contributed by atoms with Gasteiger partial charge in [0.05, 0.1) is 10.7 Å². The Bertz CT molecular complexity index is 475. The first kappa shape index (κ1) is 14.9. The van der Waals surface area contributed by atoms with Crippen LogP contribution in [0.5, 0.6) is 0 Å². The van der Waals surface area contributed by atoms with Gasteiger partial charge in [0.2, 0.25) is 0 Å². The fourth-order valence-corrected chi connectivity index (χ4v) is 2.92. The Morgan fingerprint density at radius 2 is 2.06 bits per heavy atom. The van der Waals surface area contributed by atoms with Gasteiger partial charge < -0.3 is 0 Å². The predicted molar refractivity (Wildman–Crippen MR) is 83.0 cm³/mol. The van der Waals surface area contributed by atoms with Crippen LogP contribution in [0.2, 0.25) is 0 Å². The van der Waals surface area contributed by atoms with Crippen LogP contribution in [-0.4, -0.2) is 4.98 Å². The van der Waals surface area contributed by atoms with Crippen LogP contribution in [0, 0.1) is 12.8 Å². The van der Waals surface area contributed by atoms with Crippen molar-refractivity contribution in [2.45, 2.75) is 41.0 Å². The van der Waals surface area contributed by atoms with Crippen LogP contribution in [0.4, 0.5) is 0 Å². The highest BCUT2D eigenvalue weighted by Crippen LogP contribution is 2.28. The Morgan fingerprint density at radius 1 is 1.39 bits per heavy atom. The third kappa shape index (κ3) is 4.26. The second-order valence-electron chi connectivity index (χ2n) is 5.03. The van der Waals surface area contributed by atoms with Crippen molar-refractivity contribution in [3.05, 3.63) is 46.0 Å². The van der Waals surface area contributed by atoms with E-state index in [1.165, 1.54) is 10.5 Å². The van der Waals surface area contributed by atoms with E-state index in [0.29, 0.717) is 5.92 Å². The first-order valence-electron chi connectivity index (χ1n) is 6.40. The molecule has 0 N–H and O–H groups in total. The zero-order chi connectivity index (χ0) is 13.7. The van der Waals surface area contributed by atoms with E-state index >= 15 is 0 Å². The first-order valence-corrected chi connectivity index (χ1v) is 7.22. The lowest BCUT2D eigenvalue weighted by atomic mass is 10.0. The lowest BCUT2D eigenvalue weighted by Gasteiger charge is -2.05. The van der Waals surface area contributed by atoms with Gasteiger partial charge in [-0.2, -0.15) is 0 Å². The van der Waals surface area contributed by atoms with Crippen molar-refractivity contribution in [3.8, 4) is 0 Å². The number of nitrogens with zero attached hydrogens (tertiary/aromatic N) is 1. The lowest BCUT2D eigenvalue weighted by molar-refractivity contribution is 0.652. The van der Waals surface area contributed by atoms with Crippen LogP contribution in [0.1, 0.15) is 43.3 Å². The van der Waals surface area contributed by atoms with Crippen molar-refractivity contribution in [2.75, 3.05) is 0 Å². The van der Waals surface area contributed by atoms with Gasteiger partial charge in [-0.15, -0.1) is 11.3 Å². The summed E-state index contributed by atoms with van der Waals surface area (Å²) >= 11 is 1.81. The molecule has 0 amide bonds. The molecule has 1 rings (SSSR count). The highest BCUT2D eigenvalue weighted by Gasteiger charge is 2.12. The molecular weight excluding hydrogens is 238 g/mol. The fraction of sp³-hybridized carbons (Fsp3) is 0.438. The first-order chi connectivity index (χ1) is 8.43. The van der Waals surface area contributed by atoms with Crippen LogP contribution in [0.15, 0.2) is 30.4 Å². The van der Waals surface area contributed by atoms with Crippen molar-refractivity contribution in [1.82, 2.24) is 4.98 Å². The average Bonchev–Trinajstić information content (AvgIpc) is 2.59. The Balaban J connectivity index is 3.09. The molecule has 0 fully saturated rings. The van der Waals surface area contributed by atoms with Crippen molar-refractivity contribution in [3.63, 3.8) is 0 Å². The molecule has 0 radical (unpaired) electrons. The molecule has 18 heavy (non-hydrogen) atoms. The van der Waals surface area contributed by atoms with E-state index < -0.39 is 0 Å². The zero-order valence-electron chi connectivity index (χ0n) is 12.1. The molecule has 0 aliphatic carbocycles. The molecule has 2 heteroatoms. The standard InChI is InChI=1S/C16H23NS/c1-7-14(9-8-11(2)3)16-15(10-12(4)5)18-13(6)17-16/h7-9,12H,2,10H2,1,3-6H3/b9-8-,14-7+. The molecule has 0 aromatic carbocycles. The van der Waals surface area contributed by atoms with Crippen LogP contribution >= 0.6 is 11.3 Å². The fourth-order valence-electron chi connectivity index (χ4n) is 1.75. The SMILES string of the molecule is C=C(C)/C=C\C(=C/C)c1nc(C)sc1CC(C)C.